The van der Waals surface area contributed by atoms with Gasteiger partial charge in [0, 0.05) is 12.2 Å². The van der Waals surface area contributed by atoms with E-state index in [0.29, 0.717) is 19.8 Å². The molecule has 1 aliphatic heterocycles. The first-order valence-corrected chi connectivity index (χ1v) is 4.92. The quantitative estimate of drug-likeness (QED) is 0.787. The maximum Gasteiger partial charge on any atom is 0.125 e. The van der Waals surface area contributed by atoms with Crippen LogP contribution in [0.3, 0.4) is 0 Å². The van der Waals surface area contributed by atoms with Crippen LogP contribution in [0.15, 0.2) is 24.3 Å². The van der Waals surface area contributed by atoms with Crippen molar-refractivity contribution in [2.45, 2.75) is 0 Å². The fraction of sp³-hybridized carbons (Fsp3) is 0.455. The molecule has 0 saturated carbocycles. The van der Waals surface area contributed by atoms with Crippen molar-refractivity contribution in [3.63, 3.8) is 0 Å². The number of halogens is 1. The largest absolute Gasteiger partial charge is 0.396 e. The Morgan fingerprint density at radius 2 is 2.27 bits per heavy atom. The van der Waals surface area contributed by atoms with E-state index in [1.165, 1.54) is 12.1 Å². The van der Waals surface area contributed by atoms with Gasteiger partial charge in [-0.25, -0.2) is 4.39 Å². The molecule has 1 aromatic carbocycles. The van der Waals surface area contributed by atoms with Gasteiger partial charge in [0.05, 0.1) is 25.2 Å². The van der Waals surface area contributed by atoms with E-state index < -0.39 is 0 Å². The molecule has 0 bridgehead atoms. The Morgan fingerprint density at radius 3 is 2.80 bits per heavy atom. The van der Waals surface area contributed by atoms with Crippen LogP contribution in [0.5, 0.6) is 0 Å². The van der Waals surface area contributed by atoms with E-state index in [1.54, 1.807) is 12.1 Å². The van der Waals surface area contributed by atoms with E-state index >= 15 is 0 Å². The summed E-state index contributed by atoms with van der Waals surface area (Å²) in [5.74, 6) is -0.261. The second-order valence-electron chi connectivity index (χ2n) is 4.01. The van der Waals surface area contributed by atoms with Gasteiger partial charge in [0.2, 0.25) is 0 Å². The van der Waals surface area contributed by atoms with Crippen LogP contribution in [-0.2, 0) is 4.74 Å². The van der Waals surface area contributed by atoms with Crippen molar-refractivity contribution in [1.82, 2.24) is 0 Å². The summed E-state index contributed by atoms with van der Waals surface area (Å²) in [5.41, 5.74) is 0.543. The van der Waals surface area contributed by atoms with Crippen molar-refractivity contribution in [3.8, 4) is 0 Å². The number of anilines is 1. The lowest BCUT2D eigenvalue weighted by atomic mass is 9.87. The van der Waals surface area contributed by atoms with Gasteiger partial charge in [-0.2, -0.15) is 0 Å². The summed E-state index contributed by atoms with van der Waals surface area (Å²) < 4.78 is 17.9. The van der Waals surface area contributed by atoms with E-state index in [4.69, 9.17) is 4.74 Å². The highest BCUT2D eigenvalue weighted by atomic mass is 19.1. The van der Waals surface area contributed by atoms with Crippen molar-refractivity contribution in [1.29, 1.82) is 0 Å². The molecule has 0 aromatic heterocycles. The molecule has 1 fully saturated rings. The normalized spacial score (nSPS) is 18.3. The molecule has 15 heavy (non-hydrogen) atoms. The average Bonchev–Trinajstić information content (AvgIpc) is 2.17. The zero-order valence-corrected chi connectivity index (χ0v) is 8.37. The summed E-state index contributed by atoms with van der Waals surface area (Å²) in [6, 6.07) is 6.29. The third-order valence-corrected chi connectivity index (χ3v) is 2.64. The minimum atomic E-state index is -0.261. The second-order valence-corrected chi connectivity index (χ2v) is 4.01. The van der Waals surface area contributed by atoms with Gasteiger partial charge in [0.25, 0.3) is 0 Å². The number of aliphatic hydroxyl groups excluding tert-OH is 1. The number of benzene rings is 1. The molecule has 1 aliphatic rings. The van der Waals surface area contributed by atoms with E-state index in [-0.39, 0.29) is 17.8 Å². The number of hydrogen-bond acceptors (Lipinski definition) is 3. The lowest BCUT2D eigenvalue weighted by molar-refractivity contribution is -0.128. The fourth-order valence-corrected chi connectivity index (χ4v) is 1.53. The molecule has 3 nitrogen and oxygen atoms in total. The van der Waals surface area contributed by atoms with Crippen LogP contribution in [0.4, 0.5) is 10.1 Å². The highest BCUT2D eigenvalue weighted by molar-refractivity contribution is 5.43. The molecular weight excluding hydrogens is 197 g/mol. The fourth-order valence-electron chi connectivity index (χ4n) is 1.53. The molecule has 1 heterocycles. The van der Waals surface area contributed by atoms with Crippen LogP contribution in [0, 0.1) is 11.2 Å². The van der Waals surface area contributed by atoms with Gasteiger partial charge in [0.15, 0.2) is 0 Å². The lowest BCUT2D eigenvalue weighted by Crippen LogP contribution is -2.50. The molecule has 2 N–H and O–H groups in total. The first-order chi connectivity index (χ1) is 7.24. The zero-order valence-electron chi connectivity index (χ0n) is 8.37. The highest BCUT2D eigenvalue weighted by Crippen LogP contribution is 2.27. The Kier molecular flexibility index (Phi) is 2.88. The molecule has 82 valence electrons. The van der Waals surface area contributed by atoms with Gasteiger partial charge in [-0.05, 0) is 18.2 Å². The van der Waals surface area contributed by atoms with Crippen LogP contribution in [0.1, 0.15) is 0 Å². The van der Waals surface area contributed by atoms with E-state index in [9.17, 15) is 9.50 Å². The zero-order chi connectivity index (χ0) is 10.7. The van der Waals surface area contributed by atoms with E-state index in [0.717, 1.165) is 5.69 Å². The molecule has 0 atom stereocenters. The van der Waals surface area contributed by atoms with Crippen molar-refractivity contribution in [2.24, 2.45) is 5.41 Å². The van der Waals surface area contributed by atoms with Crippen LogP contribution >= 0.6 is 0 Å². The third kappa shape index (κ3) is 2.27. The SMILES string of the molecule is OCC1(CNc2cccc(F)c2)COC1. The van der Waals surface area contributed by atoms with Crippen molar-refractivity contribution >= 4 is 5.69 Å². The Balaban J connectivity index is 1.92. The summed E-state index contributed by atoms with van der Waals surface area (Å²) in [6.45, 7) is 1.82. The summed E-state index contributed by atoms with van der Waals surface area (Å²) in [4.78, 5) is 0. The molecule has 0 spiro atoms. The summed E-state index contributed by atoms with van der Waals surface area (Å²) in [5, 5.41) is 12.3. The van der Waals surface area contributed by atoms with Gasteiger partial charge >= 0.3 is 0 Å². The van der Waals surface area contributed by atoms with Crippen LogP contribution in [0.25, 0.3) is 0 Å². The highest BCUT2D eigenvalue weighted by Gasteiger charge is 2.37. The van der Waals surface area contributed by atoms with Gasteiger partial charge in [0.1, 0.15) is 5.82 Å². The Bertz CT molecular complexity index is 334. The minimum Gasteiger partial charge on any atom is -0.396 e. The molecule has 4 heteroatoms. The van der Waals surface area contributed by atoms with Crippen molar-refractivity contribution in [2.75, 3.05) is 31.7 Å². The summed E-state index contributed by atoms with van der Waals surface area (Å²) >= 11 is 0. The minimum absolute atomic E-state index is 0.0926. The predicted molar refractivity (Wildman–Crippen MR) is 55.2 cm³/mol. The monoisotopic (exact) mass is 211 g/mol. The second kappa shape index (κ2) is 4.16. The molecule has 2 rings (SSSR count). The first kappa shape index (κ1) is 10.4. The topological polar surface area (TPSA) is 41.5 Å². The molecule has 0 radical (unpaired) electrons. The maximum absolute atomic E-state index is 12.9. The number of hydrogen-bond donors (Lipinski definition) is 2. The smallest absolute Gasteiger partial charge is 0.125 e. The van der Waals surface area contributed by atoms with Crippen LogP contribution in [-0.4, -0.2) is 31.5 Å². The molecular formula is C11H14FNO2. The first-order valence-electron chi connectivity index (χ1n) is 4.92. The van der Waals surface area contributed by atoms with Gasteiger partial charge < -0.3 is 15.2 Å². The predicted octanol–water partition coefficient (Wildman–Crippen LogP) is 1.25. The van der Waals surface area contributed by atoms with Crippen LogP contribution < -0.4 is 5.32 Å². The summed E-state index contributed by atoms with van der Waals surface area (Å²) in [7, 11) is 0. The van der Waals surface area contributed by atoms with Crippen molar-refractivity contribution < 1.29 is 14.2 Å². The Morgan fingerprint density at radius 1 is 1.47 bits per heavy atom. The van der Waals surface area contributed by atoms with Gasteiger partial charge in [-0.1, -0.05) is 6.07 Å². The molecule has 1 saturated heterocycles. The number of nitrogens with one attached hydrogen (secondary N) is 1. The van der Waals surface area contributed by atoms with Gasteiger partial charge in [-0.3, -0.25) is 0 Å². The average molecular weight is 211 g/mol. The van der Waals surface area contributed by atoms with E-state index in [2.05, 4.69) is 5.32 Å². The molecule has 0 unspecified atom stereocenters. The standard InChI is InChI=1S/C11H14FNO2/c12-9-2-1-3-10(4-9)13-5-11(6-14)7-15-8-11/h1-4,13-14H,5-8H2. The maximum atomic E-state index is 12.9. The Labute approximate surface area is 87.9 Å². The lowest BCUT2D eigenvalue weighted by Gasteiger charge is -2.40. The van der Waals surface area contributed by atoms with Gasteiger partial charge in [-0.15, -0.1) is 0 Å². The van der Waals surface area contributed by atoms with Crippen molar-refractivity contribution in [3.05, 3.63) is 30.1 Å². The molecule has 0 aliphatic carbocycles. The Hall–Kier alpha value is -1.13. The number of rotatable bonds is 4. The third-order valence-electron chi connectivity index (χ3n) is 2.64. The number of ether oxygens (including phenoxy) is 1. The van der Waals surface area contributed by atoms with Crippen LogP contribution in [0.2, 0.25) is 0 Å². The van der Waals surface area contributed by atoms with E-state index in [1.807, 2.05) is 0 Å². The molecule has 1 aromatic rings. The number of aliphatic hydroxyl groups is 1. The summed E-state index contributed by atoms with van der Waals surface area (Å²) in [6.07, 6.45) is 0. The molecule has 0 amide bonds.